The van der Waals surface area contributed by atoms with E-state index in [1.807, 2.05) is 25.1 Å². The van der Waals surface area contributed by atoms with E-state index in [1.54, 1.807) is 12.3 Å². The first-order chi connectivity index (χ1) is 5.24. The summed E-state index contributed by atoms with van der Waals surface area (Å²) in [6.45, 7) is 0. The highest BCUT2D eigenvalue weighted by Crippen LogP contribution is 2.05. The van der Waals surface area contributed by atoms with Crippen molar-refractivity contribution in [1.29, 1.82) is 0 Å². The van der Waals surface area contributed by atoms with Crippen molar-refractivity contribution in [2.75, 3.05) is 19.0 Å². The molecule has 0 spiro atoms. The highest BCUT2D eigenvalue weighted by atomic mass is 16.1. The fraction of sp³-hybridized carbons (Fsp3) is 0.250. The van der Waals surface area contributed by atoms with Gasteiger partial charge in [0.1, 0.15) is 5.82 Å². The second kappa shape index (κ2) is 3.14. The van der Waals surface area contributed by atoms with Gasteiger partial charge in [0.25, 0.3) is 0 Å². The topological polar surface area (TPSA) is 33.2 Å². The standard InChI is InChI=1S/C8H10N2O/c1-10(2)8-4-3-7(6-11)5-9-8/h3-6H,1-2H3. The quantitative estimate of drug-likeness (QED) is 0.589. The van der Waals surface area contributed by atoms with E-state index in [4.69, 9.17) is 0 Å². The first-order valence-corrected chi connectivity index (χ1v) is 3.32. The minimum atomic E-state index is 0.607. The number of aldehydes is 1. The lowest BCUT2D eigenvalue weighted by atomic mass is 10.3. The predicted octanol–water partition coefficient (Wildman–Crippen LogP) is 0.960. The molecular weight excluding hydrogens is 140 g/mol. The van der Waals surface area contributed by atoms with E-state index in [2.05, 4.69) is 4.98 Å². The van der Waals surface area contributed by atoms with Crippen molar-refractivity contribution in [1.82, 2.24) is 4.98 Å². The third-order valence-electron chi connectivity index (χ3n) is 1.37. The molecular formula is C8H10N2O. The van der Waals surface area contributed by atoms with Gasteiger partial charge in [-0.15, -0.1) is 0 Å². The Kier molecular flexibility index (Phi) is 2.21. The molecule has 0 aliphatic carbocycles. The van der Waals surface area contributed by atoms with E-state index in [-0.39, 0.29) is 0 Å². The second-order valence-corrected chi connectivity index (χ2v) is 2.46. The monoisotopic (exact) mass is 150 g/mol. The third-order valence-corrected chi connectivity index (χ3v) is 1.37. The summed E-state index contributed by atoms with van der Waals surface area (Å²) in [5, 5.41) is 0. The van der Waals surface area contributed by atoms with Gasteiger partial charge in [0.05, 0.1) is 0 Å². The summed E-state index contributed by atoms with van der Waals surface area (Å²) >= 11 is 0. The van der Waals surface area contributed by atoms with Gasteiger partial charge in [0, 0.05) is 25.9 Å². The molecule has 1 aromatic heterocycles. The van der Waals surface area contributed by atoms with Crippen molar-refractivity contribution in [2.24, 2.45) is 0 Å². The number of carbonyl (C=O) groups is 1. The first-order valence-electron chi connectivity index (χ1n) is 3.32. The van der Waals surface area contributed by atoms with Crippen LogP contribution in [0.15, 0.2) is 18.3 Å². The summed E-state index contributed by atoms with van der Waals surface area (Å²) in [5.74, 6) is 0.857. The van der Waals surface area contributed by atoms with Gasteiger partial charge >= 0.3 is 0 Å². The Morgan fingerprint density at radius 1 is 1.45 bits per heavy atom. The molecule has 3 nitrogen and oxygen atoms in total. The summed E-state index contributed by atoms with van der Waals surface area (Å²) in [7, 11) is 3.81. The number of pyridine rings is 1. The molecule has 0 aliphatic rings. The number of rotatable bonds is 2. The van der Waals surface area contributed by atoms with E-state index in [0.717, 1.165) is 12.1 Å². The highest BCUT2D eigenvalue weighted by Gasteiger charge is 1.94. The van der Waals surface area contributed by atoms with Gasteiger partial charge in [-0.2, -0.15) is 0 Å². The molecule has 1 heterocycles. The number of nitrogens with zero attached hydrogens (tertiary/aromatic N) is 2. The van der Waals surface area contributed by atoms with Crippen LogP contribution in [0.3, 0.4) is 0 Å². The normalized spacial score (nSPS) is 9.27. The van der Waals surface area contributed by atoms with E-state index < -0.39 is 0 Å². The maximum Gasteiger partial charge on any atom is 0.151 e. The number of anilines is 1. The molecule has 0 bridgehead atoms. The van der Waals surface area contributed by atoms with E-state index in [0.29, 0.717) is 5.56 Å². The Morgan fingerprint density at radius 2 is 2.18 bits per heavy atom. The van der Waals surface area contributed by atoms with Crippen molar-refractivity contribution >= 4 is 12.1 Å². The minimum absolute atomic E-state index is 0.607. The number of hydrogen-bond acceptors (Lipinski definition) is 3. The van der Waals surface area contributed by atoms with Crippen molar-refractivity contribution in [3.8, 4) is 0 Å². The highest BCUT2D eigenvalue weighted by molar-refractivity contribution is 5.74. The zero-order valence-corrected chi connectivity index (χ0v) is 6.61. The molecule has 0 atom stereocenters. The van der Waals surface area contributed by atoms with E-state index in [1.165, 1.54) is 0 Å². The van der Waals surface area contributed by atoms with Crippen LogP contribution in [0.25, 0.3) is 0 Å². The molecule has 0 N–H and O–H groups in total. The third kappa shape index (κ3) is 1.77. The van der Waals surface area contributed by atoms with Gasteiger partial charge in [-0.1, -0.05) is 0 Å². The van der Waals surface area contributed by atoms with Gasteiger partial charge in [-0.05, 0) is 12.1 Å². The largest absolute Gasteiger partial charge is 0.363 e. The Hall–Kier alpha value is -1.38. The molecule has 0 saturated heterocycles. The smallest absolute Gasteiger partial charge is 0.151 e. The summed E-state index contributed by atoms with van der Waals surface area (Å²) < 4.78 is 0. The summed E-state index contributed by atoms with van der Waals surface area (Å²) in [4.78, 5) is 16.2. The molecule has 1 rings (SSSR count). The molecule has 0 aromatic carbocycles. The number of hydrogen-bond donors (Lipinski definition) is 0. The average Bonchev–Trinajstić information content (AvgIpc) is 2.05. The summed E-state index contributed by atoms with van der Waals surface area (Å²) in [6, 6.07) is 3.55. The fourth-order valence-corrected chi connectivity index (χ4v) is 0.732. The van der Waals surface area contributed by atoms with Gasteiger partial charge in [0.15, 0.2) is 6.29 Å². The fourth-order valence-electron chi connectivity index (χ4n) is 0.732. The Balaban J connectivity index is 2.91. The molecule has 0 radical (unpaired) electrons. The van der Waals surface area contributed by atoms with Crippen molar-refractivity contribution < 1.29 is 4.79 Å². The lowest BCUT2D eigenvalue weighted by molar-refractivity contribution is 0.112. The maximum atomic E-state index is 10.2. The lowest BCUT2D eigenvalue weighted by Crippen LogP contribution is -2.10. The van der Waals surface area contributed by atoms with Gasteiger partial charge in [-0.25, -0.2) is 4.98 Å². The molecule has 3 heteroatoms. The molecule has 0 amide bonds. The van der Waals surface area contributed by atoms with Gasteiger partial charge < -0.3 is 4.90 Å². The van der Waals surface area contributed by atoms with Crippen LogP contribution in [0.4, 0.5) is 5.82 Å². The zero-order valence-electron chi connectivity index (χ0n) is 6.61. The van der Waals surface area contributed by atoms with E-state index >= 15 is 0 Å². The molecule has 0 fully saturated rings. The minimum Gasteiger partial charge on any atom is -0.363 e. The molecule has 11 heavy (non-hydrogen) atoms. The molecule has 0 aliphatic heterocycles. The van der Waals surface area contributed by atoms with Crippen LogP contribution in [0, 0.1) is 0 Å². The maximum absolute atomic E-state index is 10.2. The molecule has 0 unspecified atom stereocenters. The van der Waals surface area contributed by atoms with Crippen molar-refractivity contribution in [3.63, 3.8) is 0 Å². The second-order valence-electron chi connectivity index (χ2n) is 2.46. The van der Waals surface area contributed by atoms with Crippen LogP contribution in [-0.2, 0) is 0 Å². The van der Waals surface area contributed by atoms with Crippen LogP contribution in [0.1, 0.15) is 10.4 Å². The van der Waals surface area contributed by atoms with Crippen LogP contribution in [0.5, 0.6) is 0 Å². The summed E-state index contributed by atoms with van der Waals surface area (Å²) in [5.41, 5.74) is 0.607. The lowest BCUT2D eigenvalue weighted by Gasteiger charge is -2.09. The average molecular weight is 150 g/mol. The molecule has 1 aromatic rings. The van der Waals surface area contributed by atoms with Crippen LogP contribution in [-0.4, -0.2) is 25.4 Å². The van der Waals surface area contributed by atoms with Crippen LogP contribution in [0.2, 0.25) is 0 Å². The van der Waals surface area contributed by atoms with Gasteiger partial charge in [-0.3, -0.25) is 4.79 Å². The van der Waals surface area contributed by atoms with Crippen LogP contribution >= 0.6 is 0 Å². The SMILES string of the molecule is CN(C)c1ccc(C=O)cn1. The molecule has 0 saturated carbocycles. The van der Waals surface area contributed by atoms with Gasteiger partial charge in [0.2, 0.25) is 0 Å². The van der Waals surface area contributed by atoms with E-state index in [9.17, 15) is 4.79 Å². The van der Waals surface area contributed by atoms with Crippen molar-refractivity contribution in [3.05, 3.63) is 23.9 Å². The van der Waals surface area contributed by atoms with Crippen molar-refractivity contribution in [2.45, 2.75) is 0 Å². The predicted molar refractivity (Wildman–Crippen MR) is 44.0 cm³/mol. The number of carbonyl (C=O) groups excluding carboxylic acids is 1. The summed E-state index contributed by atoms with van der Waals surface area (Å²) in [6.07, 6.45) is 2.34. The first kappa shape index (κ1) is 7.72. The number of aromatic nitrogens is 1. The molecule has 58 valence electrons. The Labute approximate surface area is 65.7 Å². The Morgan fingerprint density at radius 3 is 2.55 bits per heavy atom. The zero-order chi connectivity index (χ0) is 8.27. The Bertz CT molecular complexity index is 241. The van der Waals surface area contributed by atoms with Crippen LogP contribution < -0.4 is 4.90 Å².